The van der Waals surface area contributed by atoms with Crippen LogP contribution < -0.4 is 0 Å². The summed E-state index contributed by atoms with van der Waals surface area (Å²) in [5.41, 5.74) is 7.86. The van der Waals surface area contributed by atoms with Gasteiger partial charge in [-0.1, -0.05) is 6.07 Å². The molecule has 142 valence electrons. The predicted octanol–water partition coefficient (Wildman–Crippen LogP) is 3.65. The summed E-state index contributed by atoms with van der Waals surface area (Å²) in [6.07, 6.45) is 5.50. The molecule has 1 atom stereocenters. The Balaban J connectivity index is 1.42. The third-order valence-electron chi connectivity index (χ3n) is 5.72. The molecule has 1 aliphatic rings. The molecule has 0 spiro atoms. The first-order chi connectivity index (χ1) is 13.7. The molecule has 3 aromatic heterocycles. The van der Waals surface area contributed by atoms with Gasteiger partial charge in [-0.05, 0) is 37.1 Å². The first kappa shape index (κ1) is 17.5. The number of rotatable bonds is 3. The first-order valence-electron chi connectivity index (χ1n) is 9.60. The molecule has 0 aliphatic carbocycles. The molecule has 6 nitrogen and oxygen atoms in total. The minimum atomic E-state index is 0.352. The zero-order valence-corrected chi connectivity index (χ0v) is 16.9. The van der Waals surface area contributed by atoms with E-state index >= 15 is 0 Å². The Kier molecular flexibility index (Phi) is 4.41. The Hall–Kier alpha value is -2.64. The second kappa shape index (κ2) is 7.07. The average molecular weight is 391 g/mol. The van der Waals surface area contributed by atoms with Crippen molar-refractivity contribution in [3.63, 3.8) is 0 Å². The first-order valence-corrected chi connectivity index (χ1v) is 10.5. The van der Waals surface area contributed by atoms with Crippen LogP contribution in [-0.4, -0.2) is 42.7 Å². The van der Waals surface area contributed by atoms with Gasteiger partial charge in [0.15, 0.2) is 5.82 Å². The van der Waals surface area contributed by atoms with E-state index in [9.17, 15) is 0 Å². The van der Waals surface area contributed by atoms with Crippen LogP contribution in [0, 0.1) is 0 Å². The van der Waals surface area contributed by atoms with Gasteiger partial charge in [0.1, 0.15) is 5.69 Å². The highest BCUT2D eigenvalue weighted by Gasteiger charge is 2.26. The van der Waals surface area contributed by atoms with E-state index in [0.29, 0.717) is 6.04 Å². The van der Waals surface area contributed by atoms with Crippen molar-refractivity contribution in [3.05, 3.63) is 59.0 Å². The number of benzene rings is 1. The quantitative estimate of drug-likeness (QED) is 0.534. The summed E-state index contributed by atoms with van der Waals surface area (Å²) in [4.78, 5) is 15.9. The lowest BCUT2D eigenvalue weighted by Crippen LogP contribution is -2.29. The molecule has 0 radical (unpaired) electrons. The van der Waals surface area contributed by atoms with Crippen molar-refractivity contribution in [1.82, 2.24) is 29.6 Å². The van der Waals surface area contributed by atoms with Gasteiger partial charge in [-0.25, -0.2) is 15.0 Å². The molecular weight excluding hydrogens is 368 g/mol. The largest absolute Gasteiger partial charge is 0.296 e. The van der Waals surface area contributed by atoms with E-state index in [1.54, 1.807) is 23.7 Å². The van der Waals surface area contributed by atoms with Gasteiger partial charge in [-0.3, -0.25) is 9.58 Å². The molecule has 1 aliphatic heterocycles. The van der Waals surface area contributed by atoms with Gasteiger partial charge in [0.05, 0.1) is 15.7 Å². The minimum Gasteiger partial charge on any atom is -0.296 e. The fourth-order valence-electron chi connectivity index (χ4n) is 4.13. The molecular formula is C21H22N6S. The smallest absolute Gasteiger partial charge is 0.180 e. The fraction of sp³-hybridized carbons (Fsp3) is 0.333. The van der Waals surface area contributed by atoms with Crippen LogP contribution in [-0.2, 0) is 19.9 Å². The monoisotopic (exact) mass is 390 g/mol. The van der Waals surface area contributed by atoms with Crippen LogP contribution in [0.1, 0.15) is 29.8 Å². The maximum absolute atomic E-state index is 4.73. The zero-order valence-electron chi connectivity index (χ0n) is 16.0. The molecule has 0 saturated carbocycles. The van der Waals surface area contributed by atoms with Gasteiger partial charge < -0.3 is 0 Å². The fourth-order valence-corrected chi connectivity index (χ4v) is 4.79. The number of hydrogen-bond acceptors (Lipinski definition) is 6. The molecule has 7 heteroatoms. The number of thiazole rings is 1. The summed E-state index contributed by atoms with van der Waals surface area (Å²) in [5, 5.41) is 4.73. The highest BCUT2D eigenvalue weighted by Crippen LogP contribution is 2.30. The van der Waals surface area contributed by atoms with E-state index in [0.717, 1.165) is 43.0 Å². The average Bonchev–Trinajstić information content (AvgIpc) is 3.25. The SMILES string of the molecule is CC(c1ccc2scnc2c1)N1CCc2c(-c3ncccn3)nn(C)c2CC1. The van der Waals surface area contributed by atoms with Crippen LogP contribution in [0.3, 0.4) is 0 Å². The topological polar surface area (TPSA) is 59.7 Å². The summed E-state index contributed by atoms with van der Waals surface area (Å²) >= 11 is 1.69. The van der Waals surface area contributed by atoms with Crippen LogP contribution in [0.5, 0.6) is 0 Å². The number of aromatic nitrogens is 5. The summed E-state index contributed by atoms with van der Waals surface area (Å²) in [7, 11) is 2.03. The standard InChI is InChI=1S/C21H22N6S/c1-14(15-4-5-19-17(12-15)24-13-28-19)27-10-6-16-18(7-11-27)26(2)25-20(16)21-22-8-3-9-23-21/h3-5,8-9,12-14H,6-7,10-11H2,1-2H3. The Morgan fingerprint density at radius 2 is 1.89 bits per heavy atom. The number of hydrogen-bond donors (Lipinski definition) is 0. The summed E-state index contributed by atoms with van der Waals surface area (Å²) in [5.74, 6) is 0.717. The highest BCUT2D eigenvalue weighted by molar-refractivity contribution is 7.16. The van der Waals surface area contributed by atoms with Crippen molar-refractivity contribution in [2.24, 2.45) is 7.05 Å². The van der Waals surface area contributed by atoms with Gasteiger partial charge in [0.2, 0.25) is 0 Å². The van der Waals surface area contributed by atoms with Gasteiger partial charge in [-0.15, -0.1) is 11.3 Å². The maximum atomic E-state index is 4.73. The van der Waals surface area contributed by atoms with Crippen LogP contribution >= 0.6 is 11.3 Å². The van der Waals surface area contributed by atoms with Crippen molar-refractivity contribution in [2.75, 3.05) is 13.1 Å². The van der Waals surface area contributed by atoms with Crippen molar-refractivity contribution < 1.29 is 0 Å². The molecule has 4 heterocycles. The van der Waals surface area contributed by atoms with Gasteiger partial charge in [0.25, 0.3) is 0 Å². The maximum Gasteiger partial charge on any atom is 0.180 e. The van der Waals surface area contributed by atoms with Crippen molar-refractivity contribution >= 4 is 21.6 Å². The number of aryl methyl sites for hydroxylation is 1. The van der Waals surface area contributed by atoms with Crippen LogP contribution in [0.4, 0.5) is 0 Å². The van der Waals surface area contributed by atoms with Crippen molar-refractivity contribution in [1.29, 1.82) is 0 Å². The van der Waals surface area contributed by atoms with Gasteiger partial charge >= 0.3 is 0 Å². The Morgan fingerprint density at radius 3 is 2.75 bits per heavy atom. The predicted molar refractivity (Wildman–Crippen MR) is 111 cm³/mol. The van der Waals surface area contributed by atoms with Crippen molar-refractivity contribution in [2.45, 2.75) is 25.8 Å². The summed E-state index contributed by atoms with van der Waals surface area (Å²) in [6.45, 7) is 4.30. The minimum absolute atomic E-state index is 0.352. The van der Waals surface area contributed by atoms with Gasteiger partial charge in [-0.2, -0.15) is 5.10 Å². The molecule has 0 bridgehead atoms. The van der Waals surface area contributed by atoms with E-state index in [-0.39, 0.29) is 0 Å². The third kappa shape index (κ3) is 3.00. The molecule has 1 unspecified atom stereocenters. The van der Waals surface area contributed by atoms with E-state index < -0.39 is 0 Å². The van der Waals surface area contributed by atoms with Crippen molar-refractivity contribution in [3.8, 4) is 11.5 Å². The second-order valence-corrected chi connectivity index (χ2v) is 8.15. The molecule has 0 N–H and O–H groups in total. The van der Waals surface area contributed by atoms with E-state index in [1.165, 1.54) is 21.5 Å². The lowest BCUT2D eigenvalue weighted by Gasteiger charge is -2.28. The number of nitrogens with zero attached hydrogens (tertiary/aromatic N) is 6. The summed E-state index contributed by atoms with van der Waals surface area (Å²) < 4.78 is 3.26. The Labute approximate surface area is 167 Å². The molecule has 1 aromatic carbocycles. The zero-order chi connectivity index (χ0) is 19.1. The van der Waals surface area contributed by atoms with E-state index in [1.807, 2.05) is 23.3 Å². The molecule has 0 amide bonds. The van der Waals surface area contributed by atoms with Crippen LogP contribution in [0.25, 0.3) is 21.7 Å². The van der Waals surface area contributed by atoms with Gasteiger partial charge in [0, 0.05) is 56.3 Å². The van der Waals surface area contributed by atoms with E-state index in [4.69, 9.17) is 5.10 Å². The third-order valence-corrected chi connectivity index (χ3v) is 6.53. The second-order valence-electron chi connectivity index (χ2n) is 7.26. The Bertz CT molecular complexity index is 1120. The van der Waals surface area contributed by atoms with E-state index in [2.05, 4.69) is 45.0 Å². The number of fused-ring (bicyclic) bond motifs is 2. The lowest BCUT2D eigenvalue weighted by atomic mass is 10.1. The molecule has 4 aromatic rings. The highest BCUT2D eigenvalue weighted by atomic mass is 32.1. The summed E-state index contributed by atoms with van der Waals surface area (Å²) in [6, 6.07) is 8.87. The Morgan fingerprint density at radius 1 is 1.07 bits per heavy atom. The molecule has 5 rings (SSSR count). The normalized spacial score (nSPS) is 16.1. The molecule has 0 saturated heterocycles. The van der Waals surface area contributed by atoms with Crippen LogP contribution in [0.2, 0.25) is 0 Å². The van der Waals surface area contributed by atoms with Crippen LogP contribution in [0.15, 0.2) is 42.2 Å². The lowest BCUT2D eigenvalue weighted by molar-refractivity contribution is 0.220. The molecule has 0 fully saturated rings. The molecule has 28 heavy (non-hydrogen) atoms.